The van der Waals surface area contributed by atoms with E-state index >= 15 is 0 Å². The summed E-state index contributed by atoms with van der Waals surface area (Å²) in [5, 5.41) is 16.9. The molecule has 0 fully saturated rings. The second-order valence-electron chi connectivity index (χ2n) is 4.94. The maximum atomic E-state index is 9.66. The third-order valence-electron chi connectivity index (χ3n) is 3.10. The van der Waals surface area contributed by atoms with Crippen molar-refractivity contribution in [1.29, 1.82) is 0 Å². The fourth-order valence-electron chi connectivity index (χ4n) is 2.05. The number of nitrogens with zero attached hydrogens (tertiary/aromatic N) is 3. The van der Waals surface area contributed by atoms with E-state index in [1.54, 1.807) is 6.07 Å². The van der Waals surface area contributed by atoms with Crippen molar-refractivity contribution >= 4 is 29.0 Å². The fraction of sp³-hybridized carbons (Fsp3) is 0.0588. The highest BCUT2D eigenvalue weighted by Crippen LogP contribution is 2.22. The lowest BCUT2D eigenvalue weighted by Gasteiger charge is -2.14. The first-order valence-electron chi connectivity index (χ1n) is 7.16. The number of rotatable bonds is 5. The molecule has 3 N–H and O–H groups in total. The molecular formula is C17H17N5O. The molecule has 0 amide bonds. The number of anilines is 5. The molecule has 3 aromatic rings. The number of hydrogen-bond acceptors (Lipinski definition) is 6. The first-order valence-corrected chi connectivity index (χ1v) is 7.16. The summed E-state index contributed by atoms with van der Waals surface area (Å²) in [7, 11) is 1.48. The number of para-hydroxylation sites is 2. The normalized spacial score (nSPS) is 10.2. The third kappa shape index (κ3) is 3.96. The molecule has 23 heavy (non-hydrogen) atoms. The van der Waals surface area contributed by atoms with Crippen molar-refractivity contribution in [2.24, 2.45) is 0 Å². The van der Waals surface area contributed by atoms with E-state index in [9.17, 15) is 5.21 Å². The van der Waals surface area contributed by atoms with Gasteiger partial charge in [-0.05, 0) is 24.3 Å². The van der Waals surface area contributed by atoms with Gasteiger partial charge in [-0.15, -0.1) is 0 Å². The quantitative estimate of drug-likeness (QED) is 0.623. The summed E-state index contributed by atoms with van der Waals surface area (Å²) < 4.78 is 0. The Kier molecular flexibility index (Phi) is 4.35. The number of hydroxylamine groups is 1. The lowest BCUT2D eigenvalue weighted by atomic mass is 10.3. The summed E-state index contributed by atoms with van der Waals surface area (Å²) >= 11 is 0. The number of hydrogen-bond donors (Lipinski definition) is 3. The monoisotopic (exact) mass is 307 g/mol. The van der Waals surface area contributed by atoms with Crippen LogP contribution in [0.15, 0.2) is 66.7 Å². The van der Waals surface area contributed by atoms with Gasteiger partial charge in [0, 0.05) is 24.5 Å². The van der Waals surface area contributed by atoms with Crippen LogP contribution in [0.3, 0.4) is 0 Å². The van der Waals surface area contributed by atoms with Gasteiger partial charge in [0.2, 0.25) is 0 Å². The van der Waals surface area contributed by atoms with Crippen LogP contribution in [0.2, 0.25) is 0 Å². The molecule has 3 rings (SSSR count). The molecule has 0 saturated heterocycles. The summed E-state index contributed by atoms with van der Waals surface area (Å²) in [5.41, 5.74) is 1.81. The van der Waals surface area contributed by atoms with Gasteiger partial charge in [0.05, 0.1) is 0 Å². The van der Waals surface area contributed by atoms with Gasteiger partial charge in [0.15, 0.2) is 0 Å². The van der Waals surface area contributed by atoms with Crippen LogP contribution in [0.1, 0.15) is 0 Å². The molecule has 0 atom stereocenters. The second-order valence-corrected chi connectivity index (χ2v) is 4.94. The van der Waals surface area contributed by atoms with Gasteiger partial charge in [0.1, 0.15) is 11.6 Å². The van der Waals surface area contributed by atoms with Gasteiger partial charge >= 0.3 is 0 Å². The molecule has 6 heteroatoms. The standard InChI is InChI=1S/C17H17N5O/c1-22(23)17-20-15(18-13-8-4-2-5-9-13)12-16(21-17)19-14-10-6-3-7-11-14/h2-12,23H,1H3,(H2,18,19,20,21). The maximum Gasteiger partial charge on any atom is 0.253 e. The molecule has 6 nitrogen and oxygen atoms in total. The summed E-state index contributed by atoms with van der Waals surface area (Å²) in [6, 6.07) is 21.2. The van der Waals surface area contributed by atoms with Gasteiger partial charge < -0.3 is 10.6 Å². The Labute approximate surface area is 134 Å². The Morgan fingerprint density at radius 3 is 1.61 bits per heavy atom. The number of benzene rings is 2. The average Bonchev–Trinajstić information content (AvgIpc) is 2.56. The van der Waals surface area contributed by atoms with Crippen LogP contribution in [-0.4, -0.2) is 22.2 Å². The molecule has 0 aliphatic heterocycles. The Morgan fingerprint density at radius 1 is 0.783 bits per heavy atom. The Balaban J connectivity index is 1.90. The molecule has 0 aliphatic carbocycles. The predicted molar refractivity (Wildman–Crippen MR) is 91.7 cm³/mol. The lowest BCUT2D eigenvalue weighted by Crippen LogP contribution is -2.15. The van der Waals surface area contributed by atoms with Crippen molar-refractivity contribution < 1.29 is 5.21 Å². The molecule has 1 heterocycles. The lowest BCUT2D eigenvalue weighted by molar-refractivity contribution is 0.272. The summed E-state index contributed by atoms with van der Waals surface area (Å²) in [6.07, 6.45) is 0. The van der Waals surface area contributed by atoms with E-state index in [-0.39, 0.29) is 5.95 Å². The average molecular weight is 307 g/mol. The van der Waals surface area contributed by atoms with Crippen molar-refractivity contribution in [3.8, 4) is 0 Å². The molecule has 0 spiro atoms. The van der Waals surface area contributed by atoms with E-state index in [0.717, 1.165) is 16.4 Å². The van der Waals surface area contributed by atoms with Crippen LogP contribution in [0.25, 0.3) is 0 Å². The minimum absolute atomic E-state index is 0.198. The van der Waals surface area contributed by atoms with Crippen LogP contribution in [0, 0.1) is 0 Å². The van der Waals surface area contributed by atoms with Gasteiger partial charge in [-0.3, -0.25) is 5.21 Å². The zero-order chi connectivity index (χ0) is 16.1. The van der Waals surface area contributed by atoms with Crippen LogP contribution >= 0.6 is 0 Å². The minimum Gasteiger partial charge on any atom is -0.340 e. The topological polar surface area (TPSA) is 73.3 Å². The molecule has 116 valence electrons. The maximum absolute atomic E-state index is 9.66. The smallest absolute Gasteiger partial charge is 0.253 e. The van der Waals surface area contributed by atoms with E-state index in [1.165, 1.54) is 7.05 Å². The molecular weight excluding hydrogens is 290 g/mol. The van der Waals surface area contributed by atoms with E-state index in [4.69, 9.17) is 0 Å². The number of aromatic nitrogens is 2. The molecule has 0 aliphatic rings. The van der Waals surface area contributed by atoms with Crippen LogP contribution in [-0.2, 0) is 0 Å². The molecule has 0 bridgehead atoms. The first kappa shape index (κ1) is 14.8. The van der Waals surface area contributed by atoms with Crippen molar-refractivity contribution in [2.45, 2.75) is 0 Å². The van der Waals surface area contributed by atoms with Gasteiger partial charge in [-0.25, -0.2) is 5.06 Å². The van der Waals surface area contributed by atoms with Gasteiger partial charge in [0.25, 0.3) is 5.95 Å². The molecule has 2 aromatic carbocycles. The van der Waals surface area contributed by atoms with Gasteiger partial charge in [-0.2, -0.15) is 9.97 Å². The van der Waals surface area contributed by atoms with Crippen molar-refractivity contribution in [3.05, 3.63) is 66.7 Å². The third-order valence-corrected chi connectivity index (χ3v) is 3.10. The van der Waals surface area contributed by atoms with E-state index in [2.05, 4.69) is 20.6 Å². The fourth-order valence-corrected chi connectivity index (χ4v) is 2.05. The van der Waals surface area contributed by atoms with Crippen LogP contribution in [0.5, 0.6) is 0 Å². The molecule has 0 radical (unpaired) electrons. The summed E-state index contributed by atoms with van der Waals surface area (Å²) in [6.45, 7) is 0. The van der Waals surface area contributed by atoms with Gasteiger partial charge in [-0.1, -0.05) is 36.4 Å². The molecule has 0 unspecified atom stereocenters. The number of nitrogens with one attached hydrogen (secondary N) is 2. The SMILES string of the molecule is CN(O)c1nc(Nc2ccccc2)cc(Nc2ccccc2)n1. The van der Waals surface area contributed by atoms with E-state index in [1.807, 2.05) is 60.7 Å². The predicted octanol–water partition coefficient (Wildman–Crippen LogP) is 3.79. The summed E-state index contributed by atoms with van der Waals surface area (Å²) in [4.78, 5) is 8.57. The van der Waals surface area contributed by atoms with Crippen LogP contribution < -0.4 is 15.7 Å². The van der Waals surface area contributed by atoms with Crippen molar-refractivity contribution in [3.63, 3.8) is 0 Å². The largest absolute Gasteiger partial charge is 0.340 e. The van der Waals surface area contributed by atoms with Crippen LogP contribution in [0.4, 0.5) is 29.0 Å². The second kappa shape index (κ2) is 6.76. The minimum atomic E-state index is 0.198. The van der Waals surface area contributed by atoms with E-state index in [0.29, 0.717) is 11.6 Å². The Hall–Kier alpha value is -3.12. The zero-order valence-corrected chi connectivity index (χ0v) is 12.6. The Morgan fingerprint density at radius 2 is 1.22 bits per heavy atom. The highest BCUT2D eigenvalue weighted by atomic mass is 16.5. The molecule has 1 aromatic heterocycles. The molecule has 0 saturated carbocycles. The highest BCUT2D eigenvalue weighted by Gasteiger charge is 2.08. The van der Waals surface area contributed by atoms with E-state index < -0.39 is 0 Å². The highest BCUT2D eigenvalue weighted by molar-refractivity contribution is 5.64. The van der Waals surface area contributed by atoms with Crippen molar-refractivity contribution in [2.75, 3.05) is 22.7 Å². The zero-order valence-electron chi connectivity index (χ0n) is 12.6. The Bertz CT molecular complexity index is 703. The van der Waals surface area contributed by atoms with Crippen molar-refractivity contribution in [1.82, 2.24) is 9.97 Å². The summed E-state index contributed by atoms with van der Waals surface area (Å²) in [5.74, 6) is 1.37. The first-order chi connectivity index (χ1) is 11.2.